The van der Waals surface area contributed by atoms with E-state index in [0.717, 1.165) is 5.56 Å². The Labute approximate surface area is 133 Å². The first kappa shape index (κ1) is 16.0. The zero-order valence-corrected chi connectivity index (χ0v) is 12.8. The van der Waals surface area contributed by atoms with E-state index >= 15 is 0 Å². The molecule has 0 aliphatic heterocycles. The number of hydrogen-bond acceptors (Lipinski definition) is 4. The molecule has 0 aliphatic rings. The Bertz CT molecular complexity index is 665. The molecule has 0 amide bonds. The van der Waals surface area contributed by atoms with Crippen molar-refractivity contribution >= 4 is 23.5 Å². The summed E-state index contributed by atoms with van der Waals surface area (Å²) in [6.07, 6.45) is 0. The molecule has 0 heterocycles. The molecular formula is C17H15ClO4. The normalized spacial score (nSPS) is 10.1. The zero-order chi connectivity index (χ0) is 15.9. The van der Waals surface area contributed by atoms with Crippen LogP contribution < -0.4 is 0 Å². The molecule has 2 aromatic rings. The van der Waals surface area contributed by atoms with Crippen molar-refractivity contribution in [1.29, 1.82) is 0 Å². The Morgan fingerprint density at radius 1 is 0.909 bits per heavy atom. The monoisotopic (exact) mass is 318 g/mol. The van der Waals surface area contributed by atoms with Crippen molar-refractivity contribution in [2.45, 2.75) is 6.92 Å². The predicted octanol–water partition coefficient (Wildman–Crippen LogP) is 3.66. The Balaban J connectivity index is 1.77. The molecule has 0 fully saturated rings. The van der Waals surface area contributed by atoms with Crippen LogP contribution in [0.5, 0.6) is 0 Å². The molecule has 2 aromatic carbocycles. The minimum Gasteiger partial charge on any atom is -0.458 e. The molecule has 2 rings (SSSR count). The fraction of sp³-hybridized carbons (Fsp3) is 0.176. The zero-order valence-electron chi connectivity index (χ0n) is 12.0. The Morgan fingerprint density at radius 2 is 1.50 bits per heavy atom. The second kappa shape index (κ2) is 7.61. The van der Waals surface area contributed by atoms with E-state index in [4.69, 9.17) is 21.1 Å². The average molecular weight is 319 g/mol. The van der Waals surface area contributed by atoms with Crippen molar-refractivity contribution in [2.75, 3.05) is 13.2 Å². The summed E-state index contributed by atoms with van der Waals surface area (Å²) in [6, 6.07) is 13.5. The van der Waals surface area contributed by atoms with Crippen LogP contribution >= 0.6 is 11.6 Å². The number of esters is 2. The minimum atomic E-state index is -0.483. The Morgan fingerprint density at radius 3 is 2.14 bits per heavy atom. The first-order valence-corrected chi connectivity index (χ1v) is 7.11. The number of ether oxygens (including phenoxy) is 2. The molecule has 0 atom stereocenters. The van der Waals surface area contributed by atoms with Gasteiger partial charge in [-0.3, -0.25) is 0 Å². The molecular weight excluding hydrogens is 304 g/mol. The van der Waals surface area contributed by atoms with Gasteiger partial charge >= 0.3 is 11.9 Å². The van der Waals surface area contributed by atoms with Crippen molar-refractivity contribution in [3.8, 4) is 0 Å². The van der Waals surface area contributed by atoms with Crippen molar-refractivity contribution in [1.82, 2.24) is 0 Å². The van der Waals surface area contributed by atoms with Crippen molar-refractivity contribution in [2.24, 2.45) is 0 Å². The van der Waals surface area contributed by atoms with Gasteiger partial charge in [0.25, 0.3) is 0 Å². The largest absolute Gasteiger partial charge is 0.458 e. The van der Waals surface area contributed by atoms with Gasteiger partial charge < -0.3 is 9.47 Å². The molecule has 0 aromatic heterocycles. The van der Waals surface area contributed by atoms with Gasteiger partial charge in [0.15, 0.2) is 0 Å². The van der Waals surface area contributed by atoms with Gasteiger partial charge in [-0.2, -0.15) is 0 Å². The van der Waals surface area contributed by atoms with Crippen LogP contribution in [0.2, 0.25) is 5.02 Å². The van der Waals surface area contributed by atoms with Crippen LogP contribution in [0, 0.1) is 6.92 Å². The predicted molar refractivity (Wildman–Crippen MR) is 83.2 cm³/mol. The number of rotatable bonds is 5. The van der Waals surface area contributed by atoms with Crippen LogP contribution in [0.1, 0.15) is 26.3 Å². The van der Waals surface area contributed by atoms with Crippen LogP contribution in [0.4, 0.5) is 0 Å². The molecule has 0 saturated heterocycles. The summed E-state index contributed by atoms with van der Waals surface area (Å²) in [6.45, 7) is 1.84. The minimum absolute atomic E-state index is 0.000912. The van der Waals surface area contributed by atoms with Gasteiger partial charge in [0.1, 0.15) is 13.2 Å². The van der Waals surface area contributed by atoms with E-state index in [9.17, 15) is 9.59 Å². The highest BCUT2D eigenvalue weighted by molar-refractivity contribution is 6.30. The van der Waals surface area contributed by atoms with Crippen molar-refractivity contribution in [3.05, 3.63) is 70.2 Å². The number of halogens is 1. The SMILES string of the molecule is Cc1ccccc1C(=O)OCCOC(=O)c1ccc(Cl)cc1. The molecule has 0 N–H and O–H groups in total. The van der Waals surface area contributed by atoms with E-state index in [1.165, 1.54) is 0 Å². The van der Waals surface area contributed by atoms with Crippen molar-refractivity contribution < 1.29 is 19.1 Å². The van der Waals surface area contributed by atoms with E-state index < -0.39 is 11.9 Å². The molecule has 0 unspecified atom stereocenters. The second-order valence-corrected chi connectivity index (χ2v) is 5.03. The van der Waals surface area contributed by atoms with Crippen LogP contribution in [-0.4, -0.2) is 25.2 Å². The summed E-state index contributed by atoms with van der Waals surface area (Å²) in [4.78, 5) is 23.6. The second-order valence-electron chi connectivity index (χ2n) is 4.59. The van der Waals surface area contributed by atoms with Gasteiger partial charge in [0, 0.05) is 5.02 Å². The van der Waals surface area contributed by atoms with E-state index in [1.807, 2.05) is 19.1 Å². The van der Waals surface area contributed by atoms with Crippen molar-refractivity contribution in [3.63, 3.8) is 0 Å². The summed E-state index contributed by atoms with van der Waals surface area (Å²) >= 11 is 5.74. The standard InChI is InChI=1S/C17H15ClO4/c1-12-4-2-3-5-15(12)17(20)22-11-10-21-16(19)13-6-8-14(18)9-7-13/h2-9H,10-11H2,1H3. The van der Waals surface area contributed by atoms with Crippen LogP contribution in [-0.2, 0) is 9.47 Å². The fourth-order valence-corrected chi connectivity index (χ4v) is 1.94. The lowest BCUT2D eigenvalue weighted by atomic mass is 10.1. The molecule has 22 heavy (non-hydrogen) atoms. The first-order valence-electron chi connectivity index (χ1n) is 6.73. The molecule has 0 bridgehead atoms. The third kappa shape index (κ3) is 4.33. The maximum atomic E-state index is 11.8. The highest BCUT2D eigenvalue weighted by Gasteiger charge is 2.10. The summed E-state index contributed by atoms with van der Waals surface area (Å²) in [5, 5.41) is 0.545. The lowest BCUT2D eigenvalue weighted by Gasteiger charge is -2.08. The fourth-order valence-electron chi connectivity index (χ4n) is 1.82. The van der Waals surface area contributed by atoms with Gasteiger partial charge in [0.05, 0.1) is 11.1 Å². The van der Waals surface area contributed by atoms with Crippen LogP contribution in [0.25, 0.3) is 0 Å². The lowest BCUT2D eigenvalue weighted by molar-refractivity contribution is 0.0265. The number of carbonyl (C=O) groups excluding carboxylic acids is 2. The molecule has 0 aliphatic carbocycles. The third-order valence-corrected chi connectivity index (χ3v) is 3.25. The molecule has 5 heteroatoms. The van der Waals surface area contributed by atoms with E-state index in [1.54, 1.807) is 36.4 Å². The summed E-state index contributed by atoms with van der Waals surface area (Å²) in [7, 11) is 0. The first-order chi connectivity index (χ1) is 10.6. The van der Waals surface area contributed by atoms with E-state index in [0.29, 0.717) is 16.1 Å². The number of carbonyl (C=O) groups is 2. The maximum absolute atomic E-state index is 11.8. The Kier molecular flexibility index (Phi) is 5.55. The topological polar surface area (TPSA) is 52.6 Å². The molecule has 0 saturated carbocycles. The number of benzene rings is 2. The molecule has 4 nitrogen and oxygen atoms in total. The van der Waals surface area contributed by atoms with E-state index in [2.05, 4.69) is 0 Å². The quantitative estimate of drug-likeness (QED) is 0.623. The maximum Gasteiger partial charge on any atom is 0.338 e. The smallest absolute Gasteiger partial charge is 0.338 e. The number of aryl methyl sites for hydroxylation is 1. The van der Waals surface area contributed by atoms with Gasteiger partial charge in [-0.25, -0.2) is 9.59 Å². The average Bonchev–Trinajstić information content (AvgIpc) is 2.52. The molecule has 0 spiro atoms. The van der Waals surface area contributed by atoms with Gasteiger partial charge in [-0.05, 0) is 42.8 Å². The van der Waals surface area contributed by atoms with Crippen LogP contribution in [0.15, 0.2) is 48.5 Å². The summed E-state index contributed by atoms with van der Waals surface area (Å²) in [5.41, 5.74) is 1.74. The summed E-state index contributed by atoms with van der Waals surface area (Å²) < 4.78 is 10.1. The van der Waals surface area contributed by atoms with Crippen LogP contribution in [0.3, 0.4) is 0 Å². The van der Waals surface area contributed by atoms with Gasteiger partial charge in [0.2, 0.25) is 0 Å². The highest BCUT2D eigenvalue weighted by Crippen LogP contribution is 2.11. The summed E-state index contributed by atoms with van der Waals surface area (Å²) in [5.74, 6) is -0.913. The van der Waals surface area contributed by atoms with Gasteiger partial charge in [-0.15, -0.1) is 0 Å². The molecule has 114 valence electrons. The molecule has 0 radical (unpaired) electrons. The third-order valence-electron chi connectivity index (χ3n) is 2.99. The number of hydrogen-bond donors (Lipinski definition) is 0. The lowest BCUT2D eigenvalue weighted by Crippen LogP contribution is -2.14. The van der Waals surface area contributed by atoms with Gasteiger partial charge in [-0.1, -0.05) is 29.8 Å². The highest BCUT2D eigenvalue weighted by atomic mass is 35.5. The Hall–Kier alpha value is -2.33. The van der Waals surface area contributed by atoms with E-state index in [-0.39, 0.29) is 13.2 Å².